The van der Waals surface area contributed by atoms with Crippen LogP contribution in [0.15, 0.2) is 42.5 Å². The lowest BCUT2D eigenvalue weighted by molar-refractivity contribution is -0.136. The van der Waals surface area contributed by atoms with Gasteiger partial charge in [0.15, 0.2) is 0 Å². The summed E-state index contributed by atoms with van der Waals surface area (Å²) in [7, 11) is 0. The highest BCUT2D eigenvalue weighted by Crippen LogP contribution is 2.31. The molecule has 2 aromatic carbocycles. The van der Waals surface area contributed by atoms with Crippen LogP contribution >= 0.6 is 0 Å². The number of carboxylic acid groups (broad SMARTS) is 1. The number of amides is 1. The molecule has 0 radical (unpaired) electrons. The van der Waals surface area contributed by atoms with Gasteiger partial charge in [-0.15, -0.1) is 0 Å². The molecule has 0 saturated carbocycles. The summed E-state index contributed by atoms with van der Waals surface area (Å²) in [4.78, 5) is 25.4. The van der Waals surface area contributed by atoms with E-state index in [-0.39, 0.29) is 24.2 Å². The van der Waals surface area contributed by atoms with Gasteiger partial charge in [-0.25, -0.2) is 4.39 Å². The summed E-state index contributed by atoms with van der Waals surface area (Å²) in [6, 6.07) is 11.2. The normalized spacial score (nSPS) is 16.6. The fourth-order valence-electron chi connectivity index (χ4n) is 3.23. The first kappa shape index (κ1) is 16.2. The fraction of sp³-hybridized carbons (Fsp3) is 0.263. The lowest BCUT2D eigenvalue weighted by atomic mass is 9.92. The van der Waals surface area contributed by atoms with Gasteiger partial charge in [0, 0.05) is 12.1 Å². The molecular formula is C19H18FNO3. The third-order valence-corrected chi connectivity index (χ3v) is 4.43. The zero-order valence-electron chi connectivity index (χ0n) is 13.3. The number of fused-ring (bicyclic) bond motifs is 1. The van der Waals surface area contributed by atoms with Crippen LogP contribution in [-0.4, -0.2) is 28.4 Å². The molecule has 0 fully saturated rings. The van der Waals surface area contributed by atoms with Gasteiger partial charge in [-0.3, -0.25) is 9.59 Å². The van der Waals surface area contributed by atoms with E-state index in [1.165, 1.54) is 12.1 Å². The zero-order chi connectivity index (χ0) is 17.3. The number of hydrogen-bond donors (Lipinski definition) is 1. The Morgan fingerprint density at radius 2 is 2.04 bits per heavy atom. The molecule has 1 amide bonds. The van der Waals surface area contributed by atoms with Crippen LogP contribution in [0.1, 0.15) is 40.0 Å². The van der Waals surface area contributed by atoms with Crippen LogP contribution in [0.3, 0.4) is 0 Å². The molecule has 1 atom stereocenters. The van der Waals surface area contributed by atoms with Gasteiger partial charge in [-0.2, -0.15) is 0 Å². The van der Waals surface area contributed by atoms with Crippen molar-refractivity contribution in [1.82, 2.24) is 4.90 Å². The number of carbonyl (C=O) groups excluding carboxylic acids is 1. The first-order valence-corrected chi connectivity index (χ1v) is 7.85. The van der Waals surface area contributed by atoms with Crippen LogP contribution in [0.2, 0.25) is 0 Å². The summed E-state index contributed by atoms with van der Waals surface area (Å²) in [6.07, 6.45) is 0.497. The first-order chi connectivity index (χ1) is 11.5. The minimum Gasteiger partial charge on any atom is -0.481 e. The van der Waals surface area contributed by atoms with Gasteiger partial charge in [-0.05, 0) is 54.3 Å². The van der Waals surface area contributed by atoms with Gasteiger partial charge in [-0.1, -0.05) is 18.2 Å². The molecular weight excluding hydrogens is 309 g/mol. The summed E-state index contributed by atoms with van der Waals surface area (Å²) in [6.45, 7) is 2.44. The maximum atomic E-state index is 13.4. The van der Waals surface area contributed by atoms with E-state index < -0.39 is 5.97 Å². The molecule has 0 spiro atoms. The minimum absolute atomic E-state index is 0.112. The van der Waals surface area contributed by atoms with Crippen molar-refractivity contribution in [3.63, 3.8) is 0 Å². The van der Waals surface area contributed by atoms with Crippen LogP contribution in [0.4, 0.5) is 4.39 Å². The molecule has 0 bridgehead atoms. The van der Waals surface area contributed by atoms with E-state index in [4.69, 9.17) is 5.11 Å². The van der Waals surface area contributed by atoms with Crippen LogP contribution in [-0.2, 0) is 17.6 Å². The van der Waals surface area contributed by atoms with Crippen molar-refractivity contribution in [3.05, 3.63) is 70.5 Å². The molecule has 1 aliphatic heterocycles. The van der Waals surface area contributed by atoms with Crippen LogP contribution in [0.5, 0.6) is 0 Å². The number of carbonyl (C=O) groups is 2. The van der Waals surface area contributed by atoms with Crippen LogP contribution in [0, 0.1) is 5.82 Å². The van der Waals surface area contributed by atoms with Crippen LogP contribution in [0.25, 0.3) is 0 Å². The maximum absolute atomic E-state index is 13.4. The molecule has 2 aromatic rings. The summed E-state index contributed by atoms with van der Waals surface area (Å²) in [5.74, 6) is -1.33. The number of halogens is 1. The van der Waals surface area contributed by atoms with Crippen molar-refractivity contribution in [2.75, 3.05) is 6.54 Å². The average molecular weight is 327 g/mol. The fourth-order valence-corrected chi connectivity index (χ4v) is 3.23. The van der Waals surface area contributed by atoms with E-state index in [1.807, 2.05) is 6.92 Å². The van der Waals surface area contributed by atoms with Crippen molar-refractivity contribution in [3.8, 4) is 0 Å². The second kappa shape index (κ2) is 6.43. The molecule has 124 valence electrons. The summed E-state index contributed by atoms with van der Waals surface area (Å²) < 4.78 is 13.4. The highest BCUT2D eigenvalue weighted by atomic mass is 19.1. The number of benzene rings is 2. The van der Waals surface area contributed by atoms with Gasteiger partial charge in [0.05, 0.1) is 12.5 Å². The SMILES string of the molecule is CC1c2ccc(F)cc2CCN1C(=O)c1cccc(CC(=O)O)c1. The molecule has 3 rings (SSSR count). The molecule has 0 saturated heterocycles. The molecule has 0 aromatic heterocycles. The van der Waals surface area contributed by atoms with Crippen molar-refractivity contribution < 1.29 is 19.1 Å². The number of hydrogen-bond acceptors (Lipinski definition) is 2. The minimum atomic E-state index is -0.929. The largest absolute Gasteiger partial charge is 0.481 e. The number of carboxylic acids is 1. The Morgan fingerprint density at radius 3 is 2.79 bits per heavy atom. The summed E-state index contributed by atoms with van der Waals surface area (Å²) in [5.41, 5.74) is 2.97. The molecule has 1 aliphatic rings. The monoisotopic (exact) mass is 327 g/mol. The molecule has 1 N–H and O–H groups in total. The summed E-state index contributed by atoms with van der Waals surface area (Å²) >= 11 is 0. The van der Waals surface area contributed by atoms with E-state index in [0.29, 0.717) is 24.1 Å². The van der Waals surface area contributed by atoms with Gasteiger partial charge in [0.1, 0.15) is 5.82 Å². The Hall–Kier alpha value is -2.69. The van der Waals surface area contributed by atoms with Gasteiger partial charge in [0.25, 0.3) is 5.91 Å². The quantitative estimate of drug-likeness (QED) is 0.942. The van der Waals surface area contributed by atoms with Crippen molar-refractivity contribution in [1.29, 1.82) is 0 Å². The lowest BCUT2D eigenvalue weighted by Gasteiger charge is -2.35. The predicted octanol–water partition coefficient (Wildman–Crippen LogP) is 3.21. The van der Waals surface area contributed by atoms with E-state index in [1.54, 1.807) is 35.2 Å². The Morgan fingerprint density at radius 1 is 1.25 bits per heavy atom. The summed E-state index contributed by atoms with van der Waals surface area (Å²) in [5, 5.41) is 8.89. The van der Waals surface area contributed by atoms with E-state index in [2.05, 4.69) is 0 Å². The Labute approximate surface area is 139 Å². The Balaban J connectivity index is 1.86. The van der Waals surface area contributed by atoms with Crippen molar-refractivity contribution >= 4 is 11.9 Å². The highest BCUT2D eigenvalue weighted by Gasteiger charge is 2.28. The molecule has 4 nitrogen and oxygen atoms in total. The van der Waals surface area contributed by atoms with Crippen molar-refractivity contribution in [2.45, 2.75) is 25.8 Å². The molecule has 1 unspecified atom stereocenters. The van der Waals surface area contributed by atoms with E-state index >= 15 is 0 Å². The maximum Gasteiger partial charge on any atom is 0.307 e. The van der Waals surface area contributed by atoms with Gasteiger partial charge >= 0.3 is 5.97 Å². The Bertz CT molecular complexity index is 803. The number of nitrogens with zero attached hydrogens (tertiary/aromatic N) is 1. The van der Waals surface area contributed by atoms with Gasteiger partial charge < -0.3 is 10.0 Å². The standard InChI is InChI=1S/C19H18FNO3/c1-12-17-6-5-16(20)11-14(17)7-8-21(12)19(24)15-4-2-3-13(9-15)10-18(22)23/h2-6,9,11-12H,7-8,10H2,1H3,(H,22,23). The lowest BCUT2D eigenvalue weighted by Crippen LogP contribution is -2.38. The zero-order valence-corrected chi connectivity index (χ0v) is 13.3. The van der Waals surface area contributed by atoms with Crippen molar-refractivity contribution in [2.24, 2.45) is 0 Å². The number of aliphatic carboxylic acids is 1. The molecule has 24 heavy (non-hydrogen) atoms. The Kier molecular flexibility index (Phi) is 4.34. The molecule has 5 heteroatoms. The topological polar surface area (TPSA) is 57.6 Å². The third-order valence-electron chi connectivity index (χ3n) is 4.43. The predicted molar refractivity (Wildman–Crippen MR) is 87.3 cm³/mol. The second-order valence-electron chi connectivity index (χ2n) is 6.04. The number of rotatable bonds is 3. The third kappa shape index (κ3) is 3.15. The average Bonchev–Trinajstić information content (AvgIpc) is 2.54. The first-order valence-electron chi connectivity index (χ1n) is 7.85. The molecule has 0 aliphatic carbocycles. The smallest absolute Gasteiger partial charge is 0.307 e. The highest BCUT2D eigenvalue weighted by molar-refractivity contribution is 5.95. The van der Waals surface area contributed by atoms with E-state index in [0.717, 1.165) is 11.1 Å². The van der Waals surface area contributed by atoms with Crippen LogP contribution < -0.4 is 0 Å². The van der Waals surface area contributed by atoms with Gasteiger partial charge in [0.2, 0.25) is 0 Å². The second-order valence-corrected chi connectivity index (χ2v) is 6.04. The molecule has 1 heterocycles. The van der Waals surface area contributed by atoms with E-state index in [9.17, 15) is 14.0 Å².